The molecule has 0 aromatic heterocycles. The van der Waals surface area contributed by atoms with Crippen molar-refractivity contribution in [2.45, 2.75) is 24.5 Å². The maximum atomic E-state index is 13.9. The summed E-state index contributed by atoms with van der Waals surface area (Å²) in [4.78, 5) is 40.4. The number of carbonyl (C=O) groups excluding carboxylic acids is 3. The smallest absolute Gasteiger partial charge is 0.307 e. The molecule has 2 atom stereocenters. The molecule has 2 aromatic rings. The fourth-order valence-electron chi connectivity index (χ4n) is 4.43. The molecule has 3 N–H and O–H groups in total. The Bertz CT molecular complexity index is 1430. The minimum Gasteiger partial charge on any atom is -0.497 e. The van der Waals surface area contributed by atoms with Gasteiger partial charge in [0.15, 0.2) is 0 Å². The molecule has 2 aliphatic rings. The van der Waals surface area contributed by atoms with Crippen molar-refractivity contribution >= 4 is 35.2 Å². The van der Waals surface area contributed by atoms with Crippen LogP contribution in [-0.2, 0) is 19.1 Å². The third kappa shape index (κ3) is 4.78. The molecule has 0 unspecified atom stereocenters. The third-order valence-electron chi connectivity index (χ3n) is 6.25. The van der Waals surface area contributed by atoms with Gasteiger partial charge in [-0.2, -0.15) is 5.26 Å². The van der Waals surface area contributed by atoms with Crippen molar-refractivity contribution in [1.82, 2.24) is 4.90 Å². The second-order valence-corrected chi connectivity index (χ2v) is 9.75. The normalized spacial score (nSPS) is 18.6. The van der Waals surface area contributed by atoms with Gasteiger partial charge in [0.05, 0.1) is 55.9 Å². The number of ether oxygens (including phenoxy) is 3. The molecule has 4 rings (SSSR count). The van der Waals surface area contributed by atoms with Gasteiger partial charge in [0.1, 0.15) is 22.6 Å². The van der Waals surface area contributed by atoms with Crippen molar-refractivity contribution in [3.63, 3.8) is 0 Å². The molecular formula is C27H26N4O6S. The molecule has 0 aliphatic carbocycles. The Labute approximate surface area is 224 Å². The Morgan fingerprint density at radius 2 is 1.92 bits per heavy atom. The largest absolute Gasteiger partial charge is 0.497 e. The molecule has 196 valence electrons. The summed E-state index contributed by atoms with van der Waals surface area (Å²) in [5.74, 6) is -1.82. The van der Waals surface area contributed by atoms with Crippen molar-refractivity contribution < 1.29 is 28.6 Å². The van der Waals surface area contributed by atoms with Gasteiger partial charge in [-0.1, -0.05) is 30.0 Å². The number of nitrogens with one attached hydrogen (secondary N) is 1. The highest BCUT2D eigenvalue weighted by atomic mass is 32.2. The number of nitrogens with two attached hydrogens (primary N) is 1. The van der Waals surface area contributed by atoms with E-state index in [0.717, 1.165) is 22.2 Å². The molecule has 2 aliphatic heterocycles. The lowest BCUT2D eigenvalue weighted by molar-refractivity contribution is -0.142. The fraction of sp³-hybridized carbons (Fsp3) is 0.259. The molecular weight excluding hydrogens is 508 g/mol. The first kappa shape index (κ1) is 26.6. The number of anilines is 1. The van der Waals surface area contributed by atoms with E-state index >= 15 is 0 Å². The summed E-state index contributed by atoms with van der Waals surface area (Å²) in [5, 5.41) is 12.5. The summed E-state index contributed by atoms with van der Waals surface area (Å²) in [6.45, 7) is 1.89. The molecule has 1 fully saturated rings. The molecule has 11 heteroatoms. The number of hydrogen-bond donors (Lipinski definition) is 2. The monoisotopic (exact) mass is 534 g/mol. The van der Waals surface area contributed by atoms with Crippen LogP contribution in [0.3, 0.4) is 0 Å². The lowest BCUT2D eigenvalue weighted by atomic mass is 9.82. The van der Waals surface area contributed by atoms with Crippen LogP contribution in [0.2, 0.25) is 0 Å². The van der Waals surface area contributed by atoms with Gasteiger partial charge in [-0.25, -0.2) is 0 Å². The second kappa shape index (κ2) is 10.9. The van der Waals surface area contributed by atoms with Crippen LogP contribution in [0, 0.1) is 18.3 Å². The Kier molecular flexibility index (Phi) is 7.64. The molecule has 0 bridgehead atoms. The van der Waals surface area contributed by atoms with Gasteiger partial charge < -0.3 is 25.3 Å². The topological polar surface area (TPSA) is 144 Å². The average Bonchev–Trinajstić information content (AvgIpc) is 3.23. The number of methoxy groups -OCH3 is 3. The molecule has 38 heavy (non-hydrogen) atoms. The van der Waals surface area contributed by atoms with E-state index in [4.69, 9.17) is 19.9 Å². The van der Waals surface area contributed by atoms with E-state index in [9.17, 15) is 19.6 Å². The van der Waals surface area contributed by atoms with Crippen molar-refractivity contribution in [1.29, 1.82) is 5.26 Å². The molecule has 2 amide bonds. The van der Waals surface area contributed by atoms with Crippen LogP contribution < -0.4 is 20.5 Å². The minimum atomic E-state index is -0.964. The quantitative estimate of drug-likeness (QED) is 0.512. The van der Waals surface area contributed by atoms with Crippen LogP contribution in [0.1, 0.15) is 23.5 Å². The average molecular weight is 535 g/mol. The fourth-order valence-corrected chi connectivity index (χ4v) is 5.76. The first-order valence-corrected chi connectivity index (χ1v) is 12.4. The maximum Gasteiger partial charge on any atom is 0.307 e. The van der Waals surface area contributed by atoms with Gasteiger partial charge in [0.25, 0.3) is 5.91 Å². The van der Waals surface area contributed by atoms with Crippen LogP contribution in [0.15, 0.2) is 64.5 Å². The zero-order valence-corrected chi connectivity index (χ0v) is 22.0. The van der Waals surface area contributed by atoms with Crippen LogP contribution in [0.5, 0.6) is 11.5 Å². The summed E-state index contributed by atoms with van der Waals surface area (Å²) in [7, 11) is 4.21. The van der Waals surface area contributed by atoms with Crippen molar-refractivity contribution in [3.05, 3.63) is 75.6 Å². The van der Waals surface area contributed by atoms with E-state index < -0.39 is 29.0 Å². The van der Waals surface area contributed by atoms with Gasteiger partial charge in [-0.3, -0.25) is 19.3 Å². The molecule has 2 aromatic carbocycles. The van der Waals surface area contributed by atoms with Gasteiger partial charge in [-0.05, 0) is 30.7 Å². The van der Waals surface area contributed by atoms with Gasteiger partial charge in [-0.15, -0.1) is 0 Å². The minimum absolute atomic E-state index is 0.000669. The lowest BCUT2D eigenvalue weighted by Gasteiger charge is -2.32. The number of nitriles is 1. The van der Waals surface area contributed by atoms with Gasteiger partial charge >= 0.3 is 5.97 Å². The number of allylic oxidation sites excluding steroid dienone is 1. The zero-order valence-electron chi connectivity index (χ0n) is 21.2. The van der Waals surface area contributed by atoms with Crippen LogP contribution in [0.25, 0.3) is 0 Å². The van der Waals surface area contributed by atoms with E-state index in [-0.39, 0.29) is 28.4 Å². The molecule has 1 saturated heterocycles. The Morgan fingerprint density at radius 3 is 2.55 bits per heavy atom. The standard InChI is InChI=1S/C27H26N4O6S/c1-14-6-5-7-15(10-14)30-25(33)23-22(17-9-8-16(35-2)11-19(17)36-3)18(13-28)24(29)31-26(34)20(38-27(23)31)12-21(32)37-4/h5-11,20,22H,12,29H2,1-4H3,(H,30,33)/t20-,22+/m1/s1. The zero-order chi connectivity index (χ0) is 27.6. The van der Waals surface area contributed by atoms with E-state index in [1.165, 1.54) is 21.3 Å². The highest BCUT2D eigenvalue weighted by molar-refractivity contribution is 8.04. The number of nitrogens with zero attached hydrogens (tertiary/aromatic N) is 2. The van der Waals surface area contributed by atoms with Crippen molar-refractivity contribution in [3.8, 4) is 17.6 Å². The molecule has 0 radical (unpaired) electrons. The van der Waals surface area contributed by atoms with E-state index in [1.807, 2.05) is 13.0 Å². The number of rotatable bonds is 7. The summed E-state index contributed by atoms with van der Waals surface area (Å²) in [6, 6.07) is 14.4. The molecule has 0 saturated carbocycles. The second-order valence-electron chi connectivity index (χ2n) is 8.55. The number of amides is 2. The van der Waals surface area contributed by atoms with Gasteiger partial charge in [0, 0.05) is 17.3 Å². The van der Waals surface area contributed by atoms with E-state index in [0.29, 0.717) is 22.7 Å². The Balaban J connectivity index is 1.93. The Hall–Kier alpha value is -4.43. The lowest BCUT2D eigenvalue weighted by Crippen LogP contribution is -2.39. The highest BCUT2D eigenvalue weighted by Crippen LogP contribution is 2.51. The van der Waals surface area contributed by atoms with Gasteiger partial charge in [0.2, 0.25) is 5.91 Å². The first-order valence-electron chi connectivity index (χ1n) is 11.5. The number of thioether (sulfide) groups is 1. The summed E-state index contributed by atoms with van der Waals surface area (Å²) in [6.07, 6.45) is -0.224. The number of hydrogen-bond acceptors (Lipinski definition) is 9. The summed E-state index contributed by atoms with van der Waals surface area (Å²) >= 11 is 1.04. The molecule has 2 heterocycles. The predicted octanol–water partition coefficient (Wildman–Crippen LogP) is 3.16. The first-order chi connectivity index (χ1) is 18.2. The molecule has 0 spiro atoms. The van der Waals surface area contributed by atoms with Crippen molar-refractivity contribution in [2.75, 3.05) is 26.6 Å². The van der Waals surface area contributed by atoms with E-state index in [1.54, 1.807) is 36.4 Å². The number of fused-ring (bicyclic) bond motifs is 1. The predicted molar refractivity (Wildman–Crippen MR) is 141 cm³/mol. The van der Waals surface area contributed by atoms with Crippen LogP contribution in [-0.4, -0.2) is 49.3 Å². The number of esters is 1. The summed E-state index contributed by atoms with van der Waals surface area (Å²) < 4.78 is 15.7. The third-order valence-corrected chi connectivity index (χ3v) is 7.53. The maximum absolute atomic E-state index is 13.9. The number of benzene rings is 2. The highest BCUT2D eigenvalue weighted by Gasteiger charge is 2.49. The van der Waals surface area contributed by atoms with Crippen LogP contribution >= 0.6 is 11.8 Å². The Morgan fingerprint density at radius 1 is 1.16 bits per heavy atom. The summed E-state index contributed by atoms with van der Waals surface area (Å²) in [5.41, 5.74) is 8.49. The van der Waals surface area contributed by atoms with Crippen LogP contribution in [0.4, 0.5) is 5.69 Å². The number of aryl methyl sites for hydroxylation is 1. The molecule has 10 nitrogen and oxygen atoms in total. The van der Waals surface area contributed by atoms with E-state index in [2.05, 4.69) is 11.4 Å². The number of carbonyl (C=O) groups is 3. The van der Waals surface area contributed by atoms with Crippen molar-refractivity contribution in [2.24, 2.45) is 5.73 Å². The SMILES string of the molecule is COC(=O)C[C@H]1SC2=C(C(=O)Nc3cccc(C)c3)[C@@H](c3ccc(OC)cc3OC)C(C#N)=C(N)N2C1=O.